The molecule has 0 radical (unpaired) electrons. The van der Waals surface area contributed by atoms with Crippen molar-refractivity contribution in [2.45, 2.75) is 37.7 Å². The van der Waals surface area contributed by atoms with Gasteiger partial charge in [0.1, 0.15) is 0 Å². The highest BCUT2D eigenvalue weighted by Crippen LogP contribution is 2.41. The lowest BCUT2D eigenvalue weighted by atomic mass is 9.96. The SMILES string of the molecule is C[C@H]1c2cccn2CCN1C(=O)C[C@](O)(c1nccn1C)C(F)(F)F. The molecule has 9 heteroatoms. The van der Waals surface area contributed by atoms with E-state index in [1.807, 2.05) is 22.9 Å². The second kappa shape index (κ2) is 5.91. The normalized spacial score (nSPS) is 20.2. The number of amides is 1. The minimum atomic E-state index is -5.03. The molecule has 0 fully saturated rings. The van der Waals surface area contributed by atoms with Crippen molar-refractivity contribution in [3.63, 3.8) is 0 Å². The number of rotatable bonds is 3. The van der Waals surface area contributed by atoms with Crippen LogP contribution in [0.3, 0.4) is 0 Å². The lowest BCUT2D eigenvalue weighted by molar-refractivity contribution is -0.272. The largest absolute Gasteiger partial charge is 0.425 e. The standard InChI is InChI=1S/C16H19F3N4O2/c1-11-12-4-3-6-22(12)8-9-23(11)13(24)10-15(25,16(17,18)19)14-20-5-7-21(14)2/h3-7,11,25H,8-10H2,1-2H3/t11-,15-/m0/s1. The molecule has 0 spiro atoms. The number of imidazole rings is 1. The number of carbonyl (C=O) groups excluding carboxylic acids is 1. The number of fused-ring (bicyclic) bond motifs is 1. The Morgan fingerprint density at radius 2 is 2.08 bits per heavy atom. The van der Waals surface area contributed by atoms with Crippen molar-refractivity contribution < 1.29 is 23.1 Å². The smallest absolute Gasteiger partial charge is 0.374 e. The van der Waals surface area contributed by atoms with Crippen LogP contribution < -0.4 is 0 Å². The highest BCUT2D eigenvalue weighted by Gasteiger charge is 2.59. The molecule has 2 aromatic heterocycles. The molecule has 6 nitrogen and oxygen atoms in total. The van der Waals surface area contributed by atoms with Crippen LogP contribution in [-0.2, 0) is 24.0 Å². The molecule has 25 heavy (non-hydrogen) atoms. The van der Waals surface area contributed by atoms with Crippen LogP contribution >= 0.6 is 0 Å². The van der Waals surface area contributed by atoms with Crippen molar-refractivity contribution in [3.8, 4) is 0 Å². The maximum Gasteiger partial charge on any atom is 0.425 e. The average molecular weight is 356 g/mol. The van der Waals surface area contributed by atoms with Crippen LogP contribution in [0, 0.1) is 0 Å². The van der Waals surface area contributed by atoms with Crippen LogP contribution in [0.15, 0.2) is 30.7 Å². The fourth-order valence-corrected chi connectivity index (χ4v) is 3.31. The van der Waals surface area contributed by atoms with Crippen molar-refractivity contribution in [2.75, 3.05) is 6.54 Å². The molecule has 0 aliphatic carbocycles. The van der Waals surface area contributed by atoms with E-state index in [9.17, 15) is 23.1 Å². The Labute approximate surface area is 142 Å². The summed E-state index contributed by atoms with van der Waals surface area (Å²) in [5.41, 5.74) is -2.48. The van der Waals surface area contributed by atoms with Gasteiger partial charge in [0.05, 0.1) is 12.5 Å². The number of aliphatic hydroxyl groups is 1. The molecule has 1 N–H and O–H groups in total. The molecule has 0 bridgehead atoms. The summed E-state index contributed by atoms with van der Waals surface area (Å²) in [6.45, 7) is 2.55. The maximum atomic E-state index is 13.6. The molecule has 0 saturated carbocycles. The predicted octanol–water partition coefficient (Wildman–Crippen LogP) is 1.96. The van der Waals surface area contributed by atoms with Crippen molar-refractivity contribution in [1.29, 1.82) is 0 Å². The highest BCUT2D eigenvalue weighted by atomic mass is 19.4. The van der Waals surface area contributed by atoms with E-state index in [2.05, 4.69) is 4.98 Å². The molecular weight excluding hydrogens is 337 g/mol. The molecular formula is C16H19F3N4O2. The van der Waals surface area contributed by atoms with Gasteiger partial charge < -0.3 is 19.1 Å². The summed E-state index contributed by atoms with van der Waals surface area (Å²) in [5.74, 6) is -1.36. The van der Waals surface area contributed by atoms with Gasteiger partial charge in [-0.15, -0.1) is 0 Å². The quantitative estimate of drug-likeness (QED) is 0.915. The van der Waals surface area contributed by atoms with Crippen molar-refractivity contribution in [1.82, 2.24) is 19.0 Å². The summed E-state index contributed by atoms with van der Waals surface area (Å²) < 4.78 is 43.8. The third-order valence-electron chi connectivity index (χ3n) is 4.73. The van der Waals surface area contributed by atoms with Crippen LogP contribution in [0.2, 0.25) is 0 Å². The van der Waals surface area contributed by atoms with E-state index >= 15 is 0 Å². The number of hydrogen-bond acceptors (Lipinski definition) is 3. The van der Waals surface area contributed by atoms with Gasteiger partial charge in [0.25, 0.3) is 0 Å². The summed E-state index contributed by atoms with van der Waals surface area (Å²) in [4.78, 5) is 17.6. The van der Waals surface area contributed by atoms with Gasteiger partial charge in [0.15, 0.2) is 5.82 Å². The first kappa shape index (κ1) is 17.5. The minimum Gasteiger partial charge on any atom is -0.374 e. The average Bonchev–Trinajstić information content (AvgIpc) is 3.15. The van der Waals surface area contributed by atoms with Gasteiger partial charge in [-0.05, 0) is 19.1 Å². The lowest BCUT2D eigenvalue weighted by Gasteiger charge is -2.37. The lowest BCUT2D eigenvalue weighted by Crippen LogP contribution is -2.50. The van der Waals surface area contributed by atoms with Gasteiger partial charge in [-0.2, -0.15) is 13.2 Å². The number of nitrogens with zero attached hydrogens (tertiary/aromatic N) is 4. The zero-order valence-electron chi connectivity index (χ0n) is 13.9. The monoisotopic (exact) mass is 356 g/mol. The zero-order chi connectivity index (χ0) is 18.4. The Morgan fingerprint density at radius 3 is 2.68 bits per heavy atom. The molecule has 1 aliphatic heterocycles. The summed E-state index contributed by atoms with van der Waals surface area (Å²) in [6, 6.07) is 3.30. The van der Waals surface area contributed by atoms with E-state index in [0.717, 1.165) is 16.5 Å². The third kappa shape index (κ3) is 2.82. The van der Waals surface area contributed by atoms with E-state index in [1.165, 1.54) is 18.1 Å². The second-order valence-electron chi connectivity index (χ2n) is 6.29. The van der Waals surface area contributed by atoms with Crippen molar-refractivity contribution in [2.24, 2.45) is 7.05 Å². The fourth-order valence-electron chi connectivity index (χ4n) is 3.31. The number of hydrogen-bond donors (Lipinski definition) is 1. The number of carbonyl (C=O) groups is 1. The summed E-state index contributed by atoms with van der Waals surface area (Å²) in [7, 11) is 1.35. The number of alkyl halides is 3. The van der Waals surface area contributed by atoms with Crippen LogP contribution in [0.4, 0.5) is 13.2 Å². The van der Waals surface area contributed by atoms with Crippen LogP contribution in [0.1, 0.15) is 30.9 Å². The van der Waals surface area contributed by atoms with E-state index in [0.29, 0.717) is 6.54 Å². The molecule has 3 heterocycles. The minimum absolute atomic E-state index is 0.288. The van der Waals surface area contributed by atoms with Crippen LogP contribution in [0.25, 0.3) is 0 Å². The molecule has 0 saturated heterocycles. The predicted molar refractivity (Wildman–Crippen MR) is 82.3 cm³/mol. The molecule has 0 aromatic carbocycles. The summed E-state index contributed by atoms with van der Waals surface area (Å²) in [6.07, 6.45) is -1.80. The van der Waals surface area contributed by atoms with E-state index < -0.39 is 29.9 Å². The highest BCUT2D eigenvalue weighted by molar-refractivity contribution is 5.78. The number of aromatic nitrogens is 3. The van der Waals surface area contributed by atoms with Gasteiger partial charge in [0, 0.05) is 44.4 Å². The molecule has 2 atom stereocenters. The zero-order valence-corrected chi connectivity index (χ0v) is 13.9. The molecule has 2 aromatic rings. The van der Waals surface area contributed by atoms with Gasteiger partial charge in [-0.25, -0.2) is 4.98 Å². The van der Waals surface area contributed by atoms with Gasteiger partial charge in [-0.1, -0.05) is 0 Å². The summed E-state index contributed by atoms with van der Waals surface area (Å²) in [5, 5.41) is 10.4. The molecule has 3 rings (SSSR count). The first-order valence-electron chi connectivity index (χ1n) is 7.86. The van der Waals surface area contributed by atoms with Gasteiger partial charge in [-0.3, -0.25) is 4.79 Å². The van der Waals surface area contributed by atoms with Crippen molar-refractivity contribution >= 4 is 5.91 Å². The molecule has 136 valence electrons. The fraction of sp³-hybridized carbons (Fsp3) is 0.500. The van der Waals surface area contributed by atoms with Crippen LogP contribution in [0.5, 0.6) is 0 Å². The number of aryl methyl sites for hydroxylation is 1. The Hall–Kier alpha value is -2.29. The Morgan fingerprint density at radius 1 is 1.36 bits per heavy atom. The first-order valence-corrected chi connectivity index (χ1v) is 7.86. The van der Waals surface area contributed by atoms with Crippen molar-refractivity contribution in [3.05, 3.63) is 42.2 Å². The third-order valence-corrected chi connectivity index (χ3v) is 4.73. The first-order chi connectivity index (χ1) is 11.6. The van der Waals surface area contributed by atoms with E-state index in [-0.39, 0.29) is 12.6 Å². The van der Waals surface area contributed by atoms with E-state index in [4.69, 9.17) is 0 Å². The Bertz CT molecular complexity index is 782. The van der Waals surface area contributed by atoms with Gasteiger partial charge >= 0.3 is 6.18 Å². The second-order valence-corrected chi connectivity index (χ2v) is 6.29. The number of halogens is 3. The molecule has 1 aliphatic rings. The molecule has 1 amide bonds. The van der Waals surface area contributed by atoms with Gasteiger partial charge in [0.2, 0.25) is 11.5 Å². The molecule has 0 unspecified atom stereocenters. The summed E-state index contributed by atoms with van der Waals surface area (Å²) >= 11 is 0. The Balaban J connectivity index is 1.89. The van der Waals surface area contributed by atoms with Crippen LogP contribution in [-0.4, -0.2) is 42.8 Å². The maximum absolute atomic E-state index is 13.6. The Kier molecular flexibility index (Phi) is 4.14. The van der Waals surface area contributed by atoms with E-state index in [1.54, 1.807) is 6.92 Å². The topological polar surface area (TPSA) is 63.3 Å².